The highest BCUT2D eigenvalue weighted by molar-refractivity contribution is 5.43. The number of rotatable bonds is 2. The van der Waals surface area contributed by atoms with Gasteiger partial charge in [-0.1, -0.05) is 0 Å². The molecule has 2 saturated heterocycles. The van der Waals surface area contributed by atoms with Crippen LogP contribution in [0.1, 0.15) is 30.5 Å². The topological polar surface area (TPSA) is 113 Å². The van der Waals surface area contributed by atoms with Crippen LogP contribution in [0.4, 0.5) is 17.7 Å². The van der Waals surface area contributed by atoms with E-state index in [1.165, 1.54) is 0 Å². The molecule has 3 aliphatic rings. The number of nitrogens with zero attached hydrogens (tertiary/aromatic N) is 5. The van der Waals surface area contributed by atoms with Gasteiger partial charge in [-0.2, -0.15) is 4.98 Å². The Labute approximate surface area is 162 Å². The number of nitrogens with two attached hydrogens (primary N) is 1. The van der Waals surface area contributed by atoms with E-state index in [1.54, 1.807) is 12.3 Å². The maximum atomic E-state index is 12.7. The molecule has 5 rings (SSSR count). The van der Waals surface area contributed by atoms with E-state index in [-0.39, 0.29) is 11.0 Å². The zero-order valence-corrected chi connectivity index (χ0v) is 15.9. The summed E-state index contributed by atoms with van der Waals surface area (Å²) < 4.78 is 5.43. The Morgan fingerprint density at radius 2 is 1.86 bits per heavy atom. The van der Waals surface area contributed by atoms with Crippen molar-refractivity contribution in [2.24, 2.45) is 0 Å². The van der Waals surface area contributed by atoms with Crippen molar-refractivity contribution < 1.29 is 4.74 Å². The molecule has 2 aliphatic heterocycles. The van der Waals surface area contributed by atoms with Crippen LogP contribution in [0.25, 0.3) is 0 Å². The van der Waals surface area contributed by atoms with Crippen molar-refractivity contribution in [3.63, 3.8) is 0 Å². The monoisotopic (exact) mass is 383 g/mol. The van der Waals surface area contributed by atoms with E-state index < -0.39 is 0 Å². The summed E-state index contributed by atoms with van der Waals surface area (Å²) in [5.74, 6) is 1.86. The number of ether oxygens (including phenoxy) is 1. The summed E-state index contributed by atoms with van der Waals surface area (Å²) in [7, 11) is 0. The maximum absolute atomic E-state index is 12.7. The molecule has 2 aromatic heterocycles. The predicted molar refractivity (Wildman–Crippen MR) is 106 cm³/mol. The second-order valence-corrected chi connectivity index (χ2v) is 7.86. The summed E-state index contributed by atoms with van der Waals surface area (Å²) in [6, 6.07) is 1.70. The van der Waals surface area contributed by atoms with Crippen LogP contribution < -0.4 is 21.1 Å². The molecular weight excluding hydrogens is 358 g/mol. The fourth-order valence-electron chi connectivity index (χ4n) is 4.70. The van der Waals surface area contributed by atoms with Crippen LogP contribution in [0.2, 0.25) is 0 Å². The van der Waals surface area contributed by atoms with Gasteiger partial charge in [-0.05, 0) is 31.7 Å². The minimum absolute atomic E-state index is 0.0185. The van der Waals surface area contributed by atoms with Gasteiger partial charge < -0.3 is 20.3 Å². The van der Waals surface area contributed by atoms with Crippen LogP contribution in [-0.2, 0) is 16.6 Å². The lowest BCUT2D eigenvalue weighted by atomic mass is 9.76. The van der Waals surface area contributed by atoms with Crippen LogP contribution in [-0.4, -0.2) is 59.3 Å². The Hall–Kier alpha value is -2.68. The Bertz CT molecular complexity index is 930. The average molecular weight is 383 g/mol. The number of nitrogens with one attached hydrogen (secondary N) is 1. The quantitative estimate of drug-likeness (QED) is 0.769. The number of piperidine rings is 1. The molecule has 3 N–H and O–H groups in total. The van der Waals surface area contributed by atoms with Gasteiger partial charge in [-0.3, -0.25) is 9.78 Å². The lowest BCUT2D eigenvalue weighted by Crippen LogP contribution is -2.43. The van der Waals surface area contributed by atoms with Gasteiger partial charge >= 0.3 is 0 Å². The number of hydrogen-bond acceptors (Lipinski definition) is 8. The van der Waals surface area contributed by atoms with Gasteiger partial charge in [-0.25, -0.2) is 9.97 Å². The van der Waals surface area contributed by atoms with Crippen molar-refractivity contribution in [2.75, 3.05) is 54.9 Å². The van der Waals surface area contributed by atoms with Gasteiger partial charge in [-0.15, -0.1) is 0 Å². The van der Waals surface area contributed by atoms with Crippen molar-refractivity contribution >= 4 is 17.7 Å². The second-order valence-electron chi connectivity index (χ2n) is 7.86. The number of anilines is 3. The third kappa shape index (κ3) is 2.90. The Kier molecular flexibility index (Phi) is 4.19. The molecule has 1 spiro atoms. The van der Waals surface area contributed by atoms with E-state index >= 15 is 0 Å². The van der Waals surface area contributed by atoms with E-state index in [0.717, 1.165) is 63.1 Å². The molecule has 4 heterocycles. The molecule has 9 heteroatoms. The Morgan fingerprint density at radius 1 is 1.07 bits per heavy atom. The van der Waals surface area contributed by atoms with Crippen molar-refractivity contribution in [3.8, 4) is 0 Å². The standard InChI is InChI=1S/C19H25N7O2/c20-14-2-6-21-17(22-14)25-7-4-19(5-8-25)3-1-13-15(19)23-18(24-16(13)27)26-9-11-28-12-10-26/h2,6H,1,3-5,7-12H2,(H2,20,21,22)(H,23,24,27). The van der Waals surface area contributed by atoms with Gasteiger partial charge in [0.1, 0.15) is 5.82 Å². The highest BCUT2D eigenvalue weighted by Gasteiger charge is 2.44. The smallest absolute Gasteiger partial charge is 0.255 e. The number of morpholine rings is 1. The molecule has 0 amide bonds. The normalized spacial score (nSPS) is 21.1. The summed E-state index contributed by atoms with van der Waals surface area (Å²) in [5, 5.41) is 0. The van der Waals surface area contributed by atoms with Crippen LogP contribution >= 0.6 is 0 Å². The van der Waals surface area contributed by atoms with Crippen molar-refractivity contribution in [1.29, 1.82) is 0 Å². The molecule has 0 atom stereocenters. The van der Waals surface area contributed by atoms with Gasteiger partial charge in [0.05, 0.1) is 18.9 Å². The van der Waals surface area contributed by atoms with E-state index in [9.17, 15) is 4.79 Å². The van der Waals surface area contributed by atoms with Crippen molar-refractivity contribution in [3.05, 3.63) is 33.9 Å². The molecule has 0 unspecified atom stereocenters. The summed E-state index contributed by atoms with van der Waals surface area (Å²) in [4.78, 5) is 33.7. The molecule has 0 bridgehead atoms. The fourth-order valence-corrected chi connectivity index (χ4v) is 4.70. The second kappa shape index (κ2) is 6.73. The average Bonchev–Trinajstić information content (AvgIpc) is 3.08. The van der Waals surface area contributed by atoms with Crippen molar-refractivity contribution in [2.45, 2.75) is 31.1 Å². The number of fused-ring (bicyclic) bond motifs is 2. The molecule has 28 heavy (non-hydrogen) atoms. The van der Waals surface area contributed by atoms with E-state index in [4.69, 9.17) is 15.5 Å². The molecule has 0 aromatic carbocycles. The predicted octanol–water partition coefficient (Wildman–Crippen LogP) is 0.463. The number of aromatic amines is 1. The lowest BCUT2D eigenvalue weighted by molar-refractivity contribution is 0.122. The molecular formula is C19H25N7O2. The van der Waals surface area contributed by atoms with Crippen LogP contribution in [0.15, 0.2) is 17.1 Å². The van der Waals surface area contributed by atoms with Crippen LogP contribution in [0, 0.1) is 0 Å². The number of aromatic nitrogens is 4. The van der Waals surface area contributed by atoms with Crippen molar-refractivity contribution in [1.82, 2.24) is 19.9 Å². The fraction of sp³-hybridized carbons (Fsp3) is 0.579. The minimum Gasteiger partial charge on any atom is -0.384 e. The largest absolute Gasteiger partial charge is 0.384 e. The number of hydrogen-bond donors (Lipinski definition) is 2. The highest BCUT2D eigenvalue weighted by atomic mass is 16.5. The molecule has 2 aromatic rings. The minimum atomic E-state index is -0.0263. The molecule has 2 fully saturated rings. The lowest BCUT2D eigenvalue weighted by Gasteiger charge is -2.39. The third-order valence-corrected chi connectivity index (χ3v) is 6.34. The first-order valence-electron chi connectivity index (χ1n) is 9.94. The van der Waals surface area contributed by atoms with Crippen LogP contribution in [0.5, 0.6) is 0 Å². The molecule has 1 aliphatic carbocycles. The SMILES string of the molecule is Nc1ccnc(N2CCC3(CCc4c3nc(N3CCOCC3)[nH]c4=O)CC2)n1. The summed E-state index contributed by atoms with van der Waals surface area (Å²) in [5.41, 5.74) is 7.67. The number of nitrogen functional groups attached to an aromatic ring is 1. The van der Waals surface area contributed by atoms with Gasteiger partial charge in [0.25, 0.3) is 5.56 Å². The molecule has 0 radical (unpaired) electrons. The van der Waals surface area contributed by atoms with E-state index in [2.05, 4.69) is 24.8 Å². The Balaban J connectivity index is 1.41. The first-order chi connectivity index (χ1) is 13.6. The highest BCUT2D eigenvalue weighted by Crippen LogP contribution is 2.45. The molecule has 0 saturated carbocycles. The number of H-pyrrole nitrogens is 1. The summed E-state index contributed by atoms with van der Waals surface area (Å²) >= 11 is 0. The Morgan fingerprint density at radius 3 is 2.61 bits per heavy atom. The summed E-state index contributed by atoms with van der Waals surface area (Å²) in [6.07, 6.45) is 5.36. The maximum Gasteiger partial charge on any atom is 0.255 e. The molecule has 148 valence electrons. The summed E-state index contributed by atoms with van der Waals surface area (Å²) in [6.45, 7) is 4.53. The van der Waals surface area contributed by atoms with E-state index in [1.807, 2.05) is 0 Å². The zero-order chi connectivity index (χ0) is 19.1. The molecule has 9 nitrogen and oxygen atoms in total. The zero-order valence-electron chi connectivity index (χ0n) is 15.9. The van der Waals surface area contributed by atoms with Crippen LogP contribution in [0.3, 0.4) is 0 Å². The van der Waals surface area contributed by atoms with Gasteiger partial charge in [0, 0.05) is 43.4 Å². The first-order valence-corrected chi connectivity index (χ1v) is 9.94. The van der Waals surface area contributed by atoms with E-state index in [0.29, 0.717) is 30.9 Å². The third-order valence-electron chi connectivity index (χ3n) is 6.34. The van der Waals surface area contributed by atoms with Gasteiger partial charge in [0.15, 0.2) is 0 Å². The first kappa shape index (κ1) is 17.4. The van der Waals surface area contributed by atoms with Gasteiger partial charge in [0.2, 0.25) is 11.9 Å².